The molecule has 1 unspecified atom stereocenters. The predicted molar refractivity (Wildman–Crippen MR) is 187 cm³/mol. The molecule has 1 fully saturated rings. The fourth-order valence-corrected chi connectivity index (χ4v) is 5.99. The minimum atomic E-state index is -0.942. The third kappa shape index (κ3) is 10.6. The van der Waals surface area contributed by atoms with Crippen LogP contribution in [0.25, 0.3) is 6.08 Å². The smallest absolute Gasteiger partial charge is 0.335 e. The highest BCUT2D eigenvalue weighted by Gasteiger charge is 2.17. The summed E-state index contributed by atoms with van der Waals surface area (Å²) in [5.74, 6) is -0.750. The average Bonchev–Trinajstić information content (AvgIpc) is 3.09. The molecular formula is C40H44N2O5. The third-order valence-corrected chi connectivity index (χ3v) is 8.70. The van der Waals surface area contributed by atoms with Crippen LogP contribution in [0.15, 0.2) is 109 Å². The highest BCUT2D eigenvalue weighted by atomic mass is 16.5. The van der Waals surface area contributed by atoms with Gasteiger partial charge in [-0.1, -0.05) is 91.4 Å². The van der Waals surface area contributed by atoms with Crippen LogP contribution < -0.4 is 9.64 Å². The number of carboxylic acids is 2. The number of nitrogens with zero attached hydrogens (tertiary/aromatic N) is 2. The molecule has 7 nitrogen and oxygen atoms in total. The van der Waals surface area contributed by atoms with Crippen molar-refractivity contribution in [3.63, 3.8) is 0 Å². The van der Waals surface area contributed by atoms with Gasteiger partial charge in [-0.3, -0.25) is 9.69 Å². The quantitative estimate of drug-likeness (QED) is 0.122. The van der Waals surface area contributed by atoms with Crippen molar-refractivity contribution in [2.75, 3.05) is 31.1 Å². The number of hydrogen-bond donors (Lipinski definition) is 2. The van der Waals surface area contributed by atoms with Gasteiger partial charge in [0.05, 0.1) is 5.56 Å². The number of ether oxygens (including phenoxy) is 1. The zero-order chi connectivity index (χ0) is 32.8. The lowest BCUT2D eigenvalue weighted by Crippen LogP contribution is -2.45. The number of piperazine rings is 1. The Balaban J connectivity index is 1.16. The van der Waals surface area contributed by atoms with Gasteiger partial charge in [-0.25, -0.2) is 4.79 Å². The Bertz CT molecular complexity index is 1590. The minimum absolute atomic E-state index is 0.160. The van der Waals surface area contributed by atoms with E-state index in [1.165, 1.54) is 11.3 Å². The number of aliphatic carboxylic acids is 1. The summed E-state index contributed by atoms with van der Waals surface area (Å²) in [6.45, 7) is 5.57. The van der Waals surface area contributed by atoms with Gasteiger partial charge in [-0.05, 0) is 72.2 Å². The maximum atomic E-state index is 11.3. The van der Waals surface area contributed by atoms with Gasteiger partial charge in [0.2, 0.25) is 0 Å². The molecule has 1 aliphatic heterocycles. The van der Waals surface area contributed by atoms with Gasteiger partial charge in [0, 0.05) is 50.4 Å². The highest BCUT2D eigenvalue weighted by Crippen LogP contribution is 2.25. The largest absolute Gasteiger partial charge is 0.488 e. The van der Waals surface area contributed by atoms with Crippen LogP contribution in [0.4, 0.5) is 5.69 Å². The first-order chi connectivity index (χ1) is 22.9. The van der Waals surface area contributed by atoms with E-state index < -0.39 is 11.9 Å². The fraction of sp³-hybridized carbons (Fsp3) is 0.300. The molecule has 0 spiro atoms. The first-order valence-electron chi connectivity index (χ1n) is 16.5. The Labute approximate surface area is 277 Å². The van der Waals surface area contributed by atoms with Crippen LogP contribution in [0.2, 0.25) is 0 Å². The summed E-state index contributed by atoms with van der Waals surface area (Å²) in [7, 11) is 0. The maximum Gasteiger partial charge on any atom is 0.335 e. The summed E-state index contributed by atoms with van der Waals surface area (Å²) in [4.78, 5) is 27.2. The van der Waals surface area contributed by atoms with Gasteiger partial charge in [-0.15, -0.1) is 0 Å². The molecular weight excluding hydrogens is 588 g/mol. The number of rotatable bonds is 16. The second-order valence-electron chi connectivity index (χ2n) is 12.2. The number of unbranched alkanes of at least 4 members (excludes halogenated alkanes) is 1. The predicted octanol–water partition coefficient (Wildman–Crippen LogP) is 7.80. The van der Waals surface area contributed by atoms with Crippen molar-refractivity contribution < 1.29 is 24.5 Å². The molecule has 244 valence electrons. The van der Waals surface area contributed by atoms with Crippen molar-refractivity contribution in [2.24, 2.45) is 5.92 Å². The van der Waals surface area contributed by atoms with Crippen LogP contribution in [0.1, 0.15) is 58.3 Å². The zero-order valence-corrected chi connectivity index (χ0v) is 26.8. The molecule has 5 rings (SSSR count). The molecule has 0 aliphatic carbocycles. The molecule has 0 radical (unpaired) electrons. The van der Waals surface area contributed by atoms with E-state index in [1.54, 1.807) is 12.1 Å². The first-order valence-corrected chi connectivity index (χ1v) is 16.5. The van der Waals surface area contributed by atoms with Crippen molar-refractivity contribution in [2.45, 2.75) is 45.3 Å². The van der Waals surface area contributed by atoms with Crippen LogP contribution in [-0.4, -0.2) is 53.2 Å². The summed E-state index contributed by atoms with van der Waals surface area (Å²) >= 11 is 0. The normalized spacial score (nSPS) is 14.3. The molecule has 0 saturated carbocycles. The van der Waals surface area contributed by atoms with Gasteiger partial charge >= 0.3 is 11.9 Å². The lowest BCUT2D eigenvalue weighted by Gasteiger charge is -2.36. The number of allylic oxidation sites excluding steroid dienone is 1. The summed E-state index contributed by atoms with van der Waals surface area (Å²) in [5.41, 5.74) is 6.00. The molecule has 0 aromatic heterocycles. The second kappa shape index (κ2) is 17.2. The number of carboxylic acid groups (broad SMARTS) is 2. The van der Waals surface area contributed by atoms with E-state index >= 15 is 0 Å². The van der Waals surface area contributed by atoms with E-state index in [0.717, 1.165) is 74.4 Å². The summed E-state index contributed by atoms with van der Waals surface area (Å²) in [5, 5.41) is 18.3. The number of anilines is 1. The molecule has 4 aromatic carbocycles. The number of hydrogen-bond acceptors (Lipinski definition) is 5. The van der Waals surface area contributed by atoms with E-state index in [1.807, 2.05) is 36.4 Å². The third-order valence-electron chi connectivity index (χ3n) is 8.70. The van der Waals surface area contributed by atoms with Gasteiger partial charge in [0.15, 0.2) is 0 Å². The summed E-state index contributed by atoms with van der Waals surface area (Å²) < 4.78 is 6.30. The lowest BCUT2D eigenvalue weighted by molar-refractivity contribution is -0.137. The molecule has 0 amide bonds. The molecule has 1 saturated heterocycles. The van der Waals surface area contributed by atoms with Crippen LogP contribution >= 0.6 is 0 Å². The standard InChI is InChI=1S/C40H44N2O5/c43-39(44)13-7-4-8-31(28-32-15-20-36(21-16-32)40(45)46)14-19-35-11-5-6-12-38(35)47-30-34-17-22-37(23-18-34)42-26-24-41(25-27-42)29-33-9-2-1-3-10-33/h1-3,5-6,9-12,14-23,31H,4,7-8,13,24-30H2,(H,43,44)(H,45,46)/b19-14+. The Kier molecular flexibility index (Phi) is 12.2. The number of para-hydroxylation sites is 1. The maximum absolute atomic E-state index is 11.3. The molecule has 47 heavy (non-hydrogen) atoms. The Morgan fingerprint density at radius 3 is 2.13 bits per heavy atom. The van der Waals surface area contributed by atoms with E-state index in [9.17, 15) is 14.7 Å². The van der Waals surface area contributed by atoms with E-state index in [-0.39, 0.29) is 17.9 Å². The molecule has 1 atom stereocenters. The SMILES string of the molecule is O=C(O)CCCCC(/C=C/c1ccccc1OCc1ccc(N2CCN(Cc3ccccc3)CC2)cc1)Cc1ccc(C(=O)O)cc1. The van der Waals surface area contributed by atoms with E-state index in [0.29, 0.717) is 13.0 Å². The highest BCUT2D eigenvalue weighted by molar-refractivity contribution is 5.87. The molecule has 1 aliphatic rings. The second-order valence-corrected chi connectivity index (χ2v) is 12.2. The summed E-state index contributed by atoms with van der Waals surface area (Å²) in [6.07, 6.45) is 7.41. The van der Waals surface area contributed by atoms with Crippen molar-refractivity contribution in [1.29, 1.82) is 0 Å². The Morgan fingerprint density at radius 1 is 0.745 bits per heavy atom. The molecule has 1 heterocycles. The van der Waals surface area contributed by atoms with Gasteiger partial charge in [0.1, 0.15) is 12.4 Å². The van der Waals surface area contributed by atoms with Crippen molar-refractivity contribution >= 4 is 23.7 Å². The van der Waals surface area contributed by atoms with Crippen molar-refractivity contribution in [3.05, 3.63) is 137 Å². The Hall–Kier alpha value is -4.88. The van der Waals surface area contributed by atoms with Crippen LogP contribution in [-0.2, 0) is 24.4 Å². The van der Waals surface area contributed by atoms with Crippen LogP contribution in [0, 0.1) is 5.92 Å². The van der Waals surface area contributed by atoms with Crippen molar-refractivity contribution in [3.8, 4) is 5.75 Å². The monoisotopic (exact) mass is 632 g/mol. The van der Waals surface area contributed by atoms with Gasteiger partial charge < -0.3 is 19.8 Å². The van der Waals surface area contributed by atoms with Crippen molar-refractivity contribution in [1.82, 2.24) is 4.90 Å². The molecule has 2 N–H and O–H groups in total. The Morgan fingerprint density at radius 2 is 1.43 bits per heavy atom. The molecule has 4 aromatic rings. The van der Waals surface area contributed by atoms with E-state index in [4.69, 9.17) is 9.84 Å². The molecule has 0 bridgehead atoms. The first kappa shape index (κ1) is 33.5. The average molecular weight is 633 g/mol. The van der Waals surface area contributed by atoms with Crippen LogP contribution in [0.5, 0.6) is 5.75 Å². The van der Waals surface area contributed by atoms with Gasteiger partial charge in [-0.2, -0.15) is 0 Å². The summed E-state index contributed by atoms with van der Waals surface area (Å²) in [6, 6.07) is 34.3. The number of carbonyl (C=O) groups is 2. The topological polar surface area (TPSA) is 90.3 Å². The number of aromatic carboxylic acids is 1. The van der Waals surface area contributed by atoms with Gasteiger partial charge in [0.25, 0.3) is 0 Å². The fourth-order valence-electron chi connectivity index (χ4n) is 5.99. The zero-order valence-electron chi connectivity index (χ0n) is 26.8. The minimum Gasteiger partial charge on any atom is -0.488 e. The lowest BCUT2D eigenvalue weighted by atomic mass is 9.92. The van der Waals surface area contributed by atoms with E-state index in [2.05, 4.69) is 76.5 Å². The number of benzene rings is 4. The molecule has 7 heteroatoms. The van der Waals surface area contributed by atoms with Crippen LogP contribution in [0.3, 0.4) is 0 Å².